The van der Waals surface area contributed by atoms with Gasteiger partial charge >= 0.3 is 0 Å². The molecule has 1 amide bonds. The molecule has 3 N–H and O–H groups in total. The van der Waals surface area contributed by atoms with Gasteiger partial charge in [-0.1, -0.05) is 36.4 Å². The van der Waals surface area contributed by atoms with E-state index < -0.39 is 5.85 Å². The van der Waals surface area contributed by atoms with Gasteiger partial charge in [0.25, 0.3) is 5.91 Å². The Kier molecular flexibility index (Phi) is 3.88. The van der Waals surface area contributed by atoms with Crippen molar-refractivity contribution in [2.45, 2.75) is 5.85 Å². The van der Waals surface area contributed by atoms with E-state index in [9.17, 15) is 10.0 Å². The Morgan fingerprint density at radius 2 is 2.06 bits per heavy atom. The van der Waals surface area contributed by atoms with Crippen molar-refractivity contribution < 1.29 is 14.7 Å². The number of amides is 1. The smallest absolute Gasteiger partial charge is 0.254 e. The molecule has 1 heterocycles. The predicted octanol–water partition coefficient (Wildman–Crippen LogP) is 1.19. The molecule has 0 saturated carbocycles. The van der Waals surface area contributed by atoms with Crippen molar-refractivity contribution in [2.75, 3.05) is 6.61 Å². The zero-order valence-electron chi connectivity index (χ0n) is 9.67. The van der Waals surface area contributed by atoms with E-state index >= 15 is 0 Å². The molecule has 0 radical (unpaired) electrons. The minimum atomic E-state index is -1.41. The lowest BCUT2D eigenvalue weighted by atomic mass is 10.2. The van der Waals surface area contributed by atoms with Crippen LogP contribution in [0.4, 0.5) is 0 Å². The van der Waals surface area contributed by atoms with E-state index in [1.165, 1.54) is 6.08 Å². The normalized spacial score (nSPS) is 22.5. The second kappa shape index (κ2) is 5.59. The highest BCUT2D eigenvalue weighted by Crippen LogP contribution is 2.10. The number of hydrogen-bond acceptors (Lipinski definition) is 4. The summed E-state index contributed by atoms with van der Waals surface area (Å²) < 4.78 is 5.37. The molecule has 1 atom stereocenters. The Morgan fingerprint density at radius 1 is 1.28 bits per heavy atom. The molecule has 1 aromatic rings. The van der Waals surface area contributed by atoms with E-state index in [2.05, 4.69) is 5.32 Å². The molecule has 5 nitrogen and oxygen atoms in total. The SMILES string of the molecule is O=C(NC1(NO)C=CC=CCO1)c1ccccc1. The number of carbonyl (C=O) groups excluding carboxylic acids is 1. The fourth-order valence-electron chi connectivity index (χ4n) is 1.56. The average molecular weight is 246 g/mol. The quantitative estimate of drug-likeness (QED) is 0.553. The van der Waals surface area contributed by atoms with Crippen LogP contribution in [0.3, 0.4) is 0 Å². The molecule has 2 rings (SSSR count). The second-order valence-electron chi connectivity index (χ2n) is 3.77. The third kappa shape index (κ3) is 2.84. The molecule has 0 aromatic heterocycles. The summed E-state index contributed by atoms with van der Waals surface area (Å²) >= 11 is 0. The molecular formula is C13H14N2O3. The molecule has 0 aliphatic carbocycles. The average Bonchev–Trinajstić information content (AvgIpc) is 2.66. The van der Waals surface area contributed by atoms with E-state index in [0.717, 1.165) is 0 Å². The van der Waals surface area contributed by atoms with Crippen LogP contribution in [0.15, 0.2) is 54.6 Å². The first kappa shape index (κ1) is 12.5. The van der Waals surface area contributed by atoms with Gasteiger partial charge in [-0.25, -0.2) is 0 Å². The van der Waals surface area contributed by atoms with Crippen LogP contribution in [-0.2, 0) is 4.74 Å². The number of nitrogens with one attached hydrogen (secondary N) is 2. The largest absolute Gasteiger partial charge is 0.334 e. The van der Waals surface area contributed by atoms with Crippen LogP contribution in [-0.4, -0.2) is 23.6 Å². The van der Waals surface area contributed by atoms with Crippen LogP contribution in [0.25, 0.3) is 0 Å². The minimum absolute atomic E-state index is 0.273. The van der Waals surface area contributed by atoms with Gasteiger partial charge in [-0.2, -0.15) is 5.48 Å². The van der Waals surface area contributed by atoms with E-state index in [4.69, 9.17) is 4.74 Å². The summed E-state index contributed by atoms with van der Waals surface area (Å²) in [7, 11) is 0. The number of hydrogen-bond donors (Lipinski definition) is 3. The van der Waals surface area contributed by atoms with Crippen LogP contribution in [0.1, 0.15) is 10.4 Å². The highest BCUT2D eigenvalue weighted by Gasteiger charge is 2.30. The van der Waals surface area contributed by atoms with Crippen molar-refractivity contribution in [3.8, 4) is 0 Å². The van der Waals surface area contributed by atoms with Crippen molar-refractivity contribution in [2.24, 2.45) is 0 Å². The van der Waals surface area contributed by atoms with Crippen molar-refractivity contribution in [1.29, 1.82) is 0 Å². The fraction of sp³-hybridized carbons (Fsp3) is 0.154. The van der Waals surface area contributed by atoms with Crippen molar-refractivity contribution >= 4 is 5.91 Å². The molecule has 1 unspecified atom stereocenters. The summed E-state index contributed by atoms with van der Waals surface area (Å²) in [5, 5.41) is 11.8. The highest BCUT2D eigenvalue weighted by atomic mass is 16.6. The third-order valence-electron chi connectivity index (χ3n) is 2.49. The molecule has 1 aliphatic rings. The number of benzene rings is 1. The second-order valence-corrected chi connectivity index (χ2v) is 3.77. The van der Waals surface area contributed by atoms with Gasteiger partial charge in [0.15, 0.2) is 0 Å². The zero-order valence-corrected chi connectivity index (χ0v) is 9.67. The van der Waals surface area contributed by atoms with Crippen LogP contribution in [0.2, 0.25) is 0 Å². The minimum Gasteiger partial charge on any atom is -0.334 e. The summed E-state index contributed by atoms with van der Waals surface area (Å²) in [6.45, 7) is 0.273. The Labute approximate surface area is 105 Å². The predicted molar refractivity (Wildman–Crippen MR) is 65.8 cm³/mol. The van der Waals surface area contributed by atoms with Gasteiger partial charge in [0.2, 0.25) is 5.85 Å². The summed E-state index contributed by atoms with van der Waals surface area (Å²) in [5.41, 5.74) is 2.46. The van der Waals surface area contributed by atoms with Gasteiger partial charge in [0.05, 0.1) is 6.61 Å². The lowest BCUT2D eigenvalue weighted by Crippen LogP contribution is -2.58. The lowest BCUT2D eigenvalue weighted by Gasteiger charge is -2.29. The first-order valence-corrected chi connectivity index (χ1v) is 5.53. The van der Waals surface area contributed by atoms with Crippen LogP contribution >= 0.6 is 0 Å². The number of ether oxygens (including phenoxy) is 1. The number of hydroxylamine groups is 1. The molecule has 94 valence electrons. The summed E-state index contributed by atoms with van der Waals surface area (Å²) in [4.78, 5) is 12.0. The Balaban J connectivity index is 2.13. The molecule has 0 spiro atoms. The molecule has 0 bridgehead atoms. The summed E-state index contributed by atoms with van der Waals surface area (Å²) in [6.07, 6.45) is 6.75. The highest BCUT2D eigenvalue weighted by molar-refractivity contribution is 5.94. The standard InChI is InChI=1S/C13H14N2O3/c16-12(11-7-3-1-4-8-11)14-13(15-17)9-5-2-6-10-18-13/h1-9,15,17H,10H2,(H,14,16). The molecule has 0 fully saturated rings. The van der Waals surface area contributed by atoms with Crippen molar-refractivity contribution in [3.05, 3.63) is 60.2 Å². The van der Waals surface area contributed by atoms with Gasteiger partial charge in [-0.15, -0.1) is 0 Å². The summed E-state index contributed by atoms with van der Waals surface area (Å²) in [5.74, 6) is -1.75. The number of carbonyl (C=O) groups is 1. The van der Waals surface area contributed by atoms with E-state index in [0.29, 0.717) is 5.56 Å². The number of rotatable bonds is 3. The molecule has 18 heavy (non-hydrogen) atoms. The van der Waals surface area contributed by atoms with Gasteiger partial charge in [0.1, 0.15) is 0 Å². The molecule has 5 heteroatoms. The lowest BCUT2D eigenvalue weighted by molar-refractivity contribution is -0.112. The van der Waals surface area contributed by atoms with Gasteiger partial charge < -0.3 is 15.3 Å². The Bertz CT molecular complexity index is 470. The van der Waals surface area contributed by atoms with E-state index in [1.54, 1.807) is 42.5 Å². The van der Waals surface area contributed by atoms with Crippen LogP contribution in [0, 0.1) is 0 Å². The van der Waals surface area contributed by atoms with Crippen molar-refractivity contribution in [3.63, 3.8) is 0 Å². The molecule has 0 saturated heterocycles. The molecule has 1 aromatic carbocycles. The Morgan fingerprint density at radius 3 is 2.78 bits per heavy atom. The maximum absolute atomic E-state index is 12.0. The van der Waals surface area contributed by atoms with Gasteiger partial charge in [-0.05, 0) is 18.2 Å². The monoisotopic (exact) mass is 246 g/mol. The van der Waals surface area contributed by atoms with Gasteiger partial charge in [0, 0.05) is 5.56 Å². The summed E-state index contributed by atoms with van der Waals surface area (Å²) in [6, 6.07) is 8.71. The zero-order chi connectivity index (χ0) is 12.8. The molecule has 1 aliphatic heterocycles. The maximum Gasteiger partial charge on any atom is 0.254 e. The van der Waals surface area contributed by atoms with Crippen molar-refractivity contribution in [1.82, 2.24) is 10.8 Å². The first-order chi connectivity index (χ1) is 8.76. The third-order valence-corrected chi connectivity index (χ3v) is 2.49. The Hall–Kier alpha value is -1.95. The number of allylic oxidation sites excluding steroid dienone is 2. The molecular weight excluding hydrogens is 232 g/mol. The van der Waals surface area contributed by atoms with E-state index in [1.807, 2.05) is 11.5 Å². The van der Waals surface area contributed by atoms with E-state index in [-0.39, 0.29) is 12.5 Å². The fourth-order valence-corrected chi connectivity index (χ4v) is 1.56. The topological polar surface area (TPSA) is 70.6 Å². The first-order valence-electron chi connectivity index (χ1n) is 5.53. The van der Waals surface area contributed by atoms with Gasteiger partial charge in [-0.3, -0.25) is 4.79 Å². The van der Waals surface area contributed by atoms with Crippen LogP contribution in [0.5, 0.6) is 0 Å². The van der Waals surface area contributed by atoms with Crippen LogP contribution < -0.4 is 10.8 Å². The maximum atomic E-state index is 12.0.